The number of amides is 1. The zero-order valence-electron chi connectivity index (χ0n) is 16.2. The van der Waals surface area contributed by atoms with Gasteiger partial charge >= 0.3 is 0 Å². The molecule has 3 aromatic rings. The first kappa shape index (κ1) is 21.5. The average molecular weight is 516 g/mol. The molecule has 0 atom stereocenters. The van der Waals surface area contributed by atoms with Gasteiger partial charge in [-0.1, -0.05) is 34.1 Å². The summed E-state index contributed by atoms with van der Waals surface area (Å²) in [6.07, 6.45) is 0.696. The first-order valence-corrected chi connectivity index (χ1v) is 12.1. The Morgan fingerprint density at radius 1 is 0.968 bits per heavy atom. The Bertz CT molecular complexity index is 1240. The van der Waals surface area contributed by atoms with Crippen molar-refractivity contribution in [3.63, 3.8) is 0 Å². The molecule has 0 fully saturated rings. The second-order valence-electron chi connectivity index (χ2n) is 6.90. The highest BCUT2D eigenvalue weighted by atomic mass is 79.9. The van der Waals surface area contributed by atoms with E-state index in [-0.39, 0.29) is 15.9 Å². The van der Waals surface area contributed by atoms with Gasteiger partial charge in [0.05, 0.1) is 10.6 Å². The number of fused-ring (bicyclic) bond motifs is 1. The highest BCUT2D eigenvalue weighted by Crippen LogP contribution is 2.32. The monoisotopic (exact) mass is 515 g/mol. The summed E-state index contributed by atoms with van der Waals surface area (Å²) in [6, 6.07) is 20.7. The molecule has 0 saturated carbocycles. The fraction of sp³-hybridized carbons (Fsp3) is 0.0909. The predicted molar refractivity (Wildman–Crippen MR) is 129 cm³/mol. The second-order valence-corrected chi connectivity index (χ2v) is 10.1. The smallest absolute Gasteiger partial charge is 0.264 e. The van der Waals surface area contributed by atoms with E-state index in [2.05, 4.69) is 26.6 Å². The first-order valence-electron chi connectivity index (χ1n) is 9.43. The predicted octanol–water partition coefficient (Wildman–Crippen LogP) is 4.33. The van der Waals surface area contributed by atoms with Crippen LogP contribution in [0, 0.1) is 0 Å². The van der Waals surface area contributed by atoms with Crippen molar-refractivity contribution in [2.24, 2.45) is 0 Å². The van der Waals surface area contributed by atoms with Crippen molar-refractivity contribution in [3.05, 3.63) is 88.4 Å². The lowest BCUT2D eigenvalue weighted by molar-refractivity contribution is 0.0977. The number of nitrogens with zero attached hydrogens (tertiary/aromatic N) is 1. The summed E-state index contributed by atoms with van der Waals surface area (Å²) >= 11 is 8.52. The van der Waals surface area contributed by atoms with Crippen LogP contribution in [0.1, 0.15) is 15.9 Å². The maximum atomic E-state index is 13.1. The van der Waals surface area contributed by atoms with E-state index in [0.29, 0.717) is 24.2 Å². The Labute approximate surface area is 194 Å². The number of carbonyl (C=O) groups is 1. The molecule has 0 saturated heterocycles. The Balaban J connectivity index is 1.43. The van der Waals surface area contributed by atoms with Crippen molar-refractivity contribution in [1.29, 1.82) is 0 Å². The summed E-state index contributed by atoms with van der Waals surface area (Å²) < 4.78 is 28.5. The number of anilines is 2. The lowest BCUT2D eigenvalue weighted by Gasteiger charge is -2.19. The fourth-order valence-corrected chi connectivity index (χ4v) is 5.31. The molecule has 1 aliphatic rings. The van der Waals surface area contributed by atoms with Gasteiger partial charge < -0.3 is 5.32 Å². The van der Waals surface area contributed by atoms with Gasteiger partial charge in [0, 0.05) is 22.3 Å². The molecule has 3 aromatic carbocycles. The van der Waals surface area contributed by atoms with E-state index in [4.69, 9.17) is 12.2 Å². The molecule has 2 N–H and O–H groups in total. The summed E-state index contributed by atoms with van der Waals surface area (Å²) in [5.74, 6) is -0.336. The highest BCUT2D eigenvalue weighted by molar-refractivity contribution is 9.10. The minimum atomic E-state index is -3.66. The molecule has 1 aliphatic heterocycles. The largest absolute Gasteiger partial charge is 0.332 e. The van der Waals surface area contributed by atoms with Crippen molar-refractivity contribution in [3.8, 4) is 0 Å². The van der Waals surface area contributed by atoms with Crippen LogP contribution in [0.25, 0.3) is 0 Å². The Kier molecular flexibility index (Phi) is 6.08. The number of sulfonamides is 1. The number of carbonyl (C=O) groups excluding carboxylic acids is 1. The topological polar surface area (TPSA) is 78.5 Å². The number of hydrogen-bond donors (Lipinski definition) is 2. The lowest BCUT2D eigenvalue weighted by Crippen LogP contribution is -2.34. The van der Waals surface area contributed by atoms with Gasteiger partial charge in [0.25, 0.3) is 15.9 Å². The minimum Gasteiger partial charge on any atom is -0.332 e. The maximum absolute atomic E-state index is 13.1. The molecule has 0 unspecified atom stereocenters. The number of rotatable bonds is 4. The Morgan fingerprint density at radius 2 is 1.65 bits per heavy atom. The molecule has 0 aliphatic carbocycles. The van der Waals surface area contributed by atoms with Gasteiger partial charge in [-0.05, 0) is 78.8 Å². The van der Waals surface area contributed by atoms with Gasteiger partial charge in [0.1, 0.15) is 0 Å². The van der Waals surface area contributed by atoms with Crippen molar-refractivity contribution in [1.82, 2.24) is 5.32 Å². The molecule has 158 valence electrons. The first-order chi connectivity index (χ1) is 14.8. The maximum Gasteiger partial charge on any atom is 0.264 e. The Morgan fingerprint density at radius 3 is 2.35 bits per heavy atom. The van der Waals surface area contributed by atoms with Gasteiger partial charge in [0.15, 0.2) is 5.11 Å². The number of nitrogens with one attached hydrogen (secondary N) is 2. The molecule has 4 rings (SSSR count). The van der Waals surface area contributed by atoms with Crippen molar-refractivity contribution >= 4 is 60.6 Å². The van der Waals surface area contributed by atoms with E-state index in [1.165, 1.54) is 16.4 Å². The molecular formula is C22H18BrN3O3S2. The standard InChI is InChI=1S/C22H18BrN3O3S2/c23-17-7-5-16(6-8-17)21(27)25-22(30)24-18-9-11-19(12-10-18)31(28,29)26-14-13-15-3-1-2-4-20(15)26/h1-12H,13-14H2,(H2,24,25,27,30). The molecule has 9 heteroatoms. The van der Waals surface area contributed by atoms with E-state index in [1.807, 2.05) is 24.3 Å². The molecular weight excluding hydrogens is 498 g/mol. The van der Waals surface area contributed by atoms with Crippen molar-refractivity contribution < 1.29 is 13.2 Å². The molecule has 0 bridgehead atoms. The molecule has 0 spiro atoms. The molecule has 0 aromatic heterocycles. The van der Waals surface area contributed by atoms with E-state index < -0.39 is 10.0 Å². The van der Waals surface area contributed by atoms with Crippen molar-refractivity contribution in [2.45, 2.75) is 11.3 Å². The summed E-state index contributed by atoms with van der Waals surface area (Å²) in [7, 11) is -3.66. The fourth-order valence-electron chi connectivity index (χ4n) is 3.33. The van der Waals surface area contributed by atoms with Gasteiger partial charge in [-0.3, -0.25) is 14.4 Å². The zero-order chi connectivity index (χ0) is 22.0. The quantitative estimate of drug-likeness (QED) is 0.505. The van der Waals surface area contributed by atoms with E-state index >= 15 is 0 Å². The van der Waals surface area contributed by atoms with Crippen LogP contribution >= 0.6 is 28.1 Å². The van der Waals surface area contributed by atoms with Crippen LogP contribution < -0.4 is 14.9 Å². The van der Waals surface area contributed by atoms with Gasteiger partial charge in [-0.25, -0.2) is 8.42 Å². The van der Waals surface area contributed by atoms with Crippen LogP contribution in [-0.2, 0) is 16.4 Å². The number of thiocarbonyl (C=S) groups is 1. The summed E-state index contributed by atoms with van der Waals surface area (Å²) in [6.45, 7) is 0.424. The second kappa shape index (κ2) is 8.78. The van der Waals surface area contributed by atoms with E-state index in [1.54, 1.807) is 36.4 Å². The number of benzene rings is 3. The zero-order valence-corrected chi connectivity index (χ0v) is 19.4. The van der Waals surface area contributed by atoms with Gasteiger partial charge in [-0.2, -0.15) is 0 Å². The molecule has 6 nitrogen and oxygen atoms in total. The normalized spacial score (nSPS) is 12.9. The third-order valence-corrected chi connectivity index (χ3v) is 7.44. The average Bonchev–Trinajstić information content (AvgIpc) is 3.19. The van der Waals surface area contributed by atoms with E-state index in [0.717, 1.165) is 15.7 Å². The van der Waals surface area contributed by atoms with Gasteiger partial charge in [-0.15, -0.1) is 0 Å². The third kappa shape index (κ3) is 4.63. The molecule has 0 radical (unpaired) electrons. The molecule has 1 heterocycles. The van der Waals surface area contributed by atoms with Gasteiger partial charge in [0.2, 0.25) is 0 Å². The van der Waals surface area contributed by atoms with Crippen LogP contribution in [0.2, 0.25) is 0 Å². The number of para-hydroxylation sites is 1. The summed E-state index contributed by atoms with van der Waals surface area (Å²) in [5.41, 5.74) is 2.79. The SMILES string of the molecule is O=C(NC(=S)Nc1ccc(S(=O)(=O)N2CCc3ccccc32)cc1)c1ccc(Br)cc1. The number of hydrogen-bond acceptors (Lipinski definition) is 4. The summed E-state index contributed by atoms with van der Waals surface area (Å²) in [5, 5.41) is 5.63. The van der Waals surface area contributed by atoms with Crippen molar-refractivity contribution in [2.75, 3.05) is 16.2 Å². The van der Waals surface area contributed by atoms with E-state index in [9.17, 15) is 13.2 Å². The van der Waals surface area contributed by atoms with Crippen LogP contribution in [0.4, 0.5) is 11.4 Å². The van der Waals surface area contributed by atoms with Crippen LogP contribution in [-0.4, -0.2) is 26.0 Å². The number of halogens is 1. The minimum absolute atomic E-state index is 0.122. The lowest BCUT2D eigenvalue weighted by atomic mass is 10.2. The van der Waals surface area contributed by atoms with Crippen LogP contribution in [0.3, 0.4) is 0 Å². The molecule has 31 heavy (non-hydrogen) atoms. The highest BCUT2D eigenvalue weighted by Gasteiger charge is 2.30. The van der Waals surface area contributed by atoms with Crippen LogP contribution in [0.5, 0.6) is 0 Å². The Hall–Kier alpha value is -2.75. The molecule has 1 amide bonds. The summed E-state index contributed by atoms with van der Waals surface area (Å²) in [4.78, 5) is 12.4. The third-order valence-electron chi connectivity index (χ3n) is 4.88. The van der Waals surface area contributed by atoms with Crippen LogP contribution in [0.15, 0.2) is 82.2 Å².